The van der Waals surface area contributed by atoms with Crippen LogP contribution in [0, 0.1) is 0 Å². The molecular weight excluding hydrogens is 471 g/mol. The molecule has 26 heavy (non-hydrogen) atoms. The van der Waals surface area contributed by atoms with E-state index in [2.05, 4.69) is 31.9 Å². The molecule has 0 fully saturated rings. The summed E-state index contributed by atoms with van der Waals surface area (Å²) in [4.78, 5) is 0. The quantitative estimate of drug-likeness (QED) is 0.327. The highest BCUT2D eigenvalue weighted by molar-refractivity contribution is 9.11. The van der Waals surface area contributed by atoms with Crippen molar-refractivity contribution in [2.75, 3.05) is 0 Å². The predicted octanol–water partition coefficient (Wildman–Crippen LogP) is 5.96. The van der Waals surface area contributed by atoms with Crippen LogP contribution in [0.4, 0.5) is 0 Å². The number of hydrogen-bond acceptors (Lipinski definition) is 1. The zero-order valence-electron chi connectivity index (χ0n) is 13.8. The largest absolute Gasteiger partial charge is 0.309 e. The summed E-state index contributed by atoms with van der Waals surface area (Å²) >= 11 is 7.50. The van der Waals surface area contributed by atoms with Crippen LogP contribution in [0.25, 0.3) is 11.1 Å². The molecule has 128 valence electrons. The third-order valence-electron chi connectivity index (χ3n) is 4.48. The summed E-state index contributed by atoms with van der Waals surface area (Å²) in [7, 11) is -3.04. The fourth-order valence-electron chi connectivity index (χ4n) is 3.24. The smallest absolute Gasteiger partial charge is 0.173 e. The van der Waals surface area contributed by atoms with Crippen LogP contribution < -0.4 is 15.9 Å². The molecule has 0 atom stereocenters. The molecule has 0 heterocycles. The van der Waals surface area contributed by atoms with Crippen molar-refractivity contribution in [2.24, 2.45) is 0 Å². The Morgan fingerprint density at radius 3 is 1.27 bits per heavy atom. The molecule has 0 saturated heterocycles. The summed E-state index contributed by atoms with van der Waals surface area (Å²) in [5.74, 6) is 0. The Morgan fingerprint density at radius 2 is 0.885 bits per heavy atom. The van der Waals surface area contributed by atoms with Crippen molar-refractivity contribution < 1.29 is 4.57 Å². The minimum atomic E-state index is -3.04. The van der Waals surface area contributed by atoms with Crippen LogP contribution in [0.2, 0.25) is 0 Å². The van der Waals surface area contributed by atoms with E-state index in [9.17, 15) is 4.57 Å². The van der Waals surface area contributed by atoms with Gasteiger partial charge in [0.2, 0.25) is 0 Å². The SMILES string of the molecule is O=P(c1ccccc1)(c1ccccc1)c1c(Br)c2cccccc-2c1Br. The molecule has 2 aromatic carbocycles. The van der Waals surface area contributed by atoms with Gasteiger partial charge in [-0.15, -0.1) is 0 Å². The zero-order valence-corrected chi connectivity index (χ0v) is 17.8. The van der Waals surface area contributed by atoms with Crippen LogP contribution in [0.1, 0.15) is 0 Å². The number of fused-ring (bicyclic) bond motifs is 1. The van der Waals surface area contributed by atoms with Gasteiger partial charge < -0.3 is 4.57 Å². The maximum absolute atomic E-state index is 14.6. The first-order valence-electron chi connectivity index (χ1n) is 8.21. The first-order chi connectivity index (χ1) is 12.6. The van der Waals surface area contributed by atoms with Gasteiger partial charge in [0.1, 0.15) is 0 Å². The molecule has 2 aliphatic rings. The lowest BCUT2D eigenvalue weighted by Gasteiger charge is -2.20. The number of benzene rings is 2. The molecule has 4 heteroatoms. The average Bonchev–Trinajstić information content (AvgIpc) is 2.86. The van der Waals surface area contributed by atoms with E-state index in [1.807, 2.05) is 91.0 Å². The van der Waals surface area contributed by atoms with Gasteiger partial charge in [0.25, 0.3) is 0 Å². The highest BCUT2D eigenvalue weighted by atomic mass is 79.9. The minimum absolute atomic E-state index is 0.816. The van der Waals surface area contributed by atoms with Gasteiger partial charge in [0.15, 0.2) is 7.14 Å². The van der Waals surface area contributed by atoms with Gasteiger partial charge in [0, 0.05) is 24.9 Å². The second-order valence-corrected chi connectivity index (χ2v) is 10.3. The van der Waals surface area contributed by atoms with Gasteiger partial charge >= 0.3 is 0 Å². The lowest BCUT2D eigenvalue weighted by molar-refractivity contribution is 0.592. The van der Waals surface area contributed by atoms with Crippen molar-refractivity contribution in [3.8, 4) is 11.1 Å². The number of hydrogen-bond donors (Lipinski definition) is 0. The van der Waals surface area contributed by atoms with Gasteiger partial charge in [0.05, 0.1) is 0 Å². The Hall–Kier alpha value is -1.67. The molecule has 0 bridgehead atoms. The summed E-state index contributed by atoms with van der Waals surface area (Å²) in [6, 6.07) is 29.5. The molecule has 0 N–H and O–H groups in total. The topological polar surface area (TPSA) is 17.1 Å². The van der Waals surface area contributed by atoms with E-state index >= 15 is 0 Å². The van der Waals surface area contributed by atoms with Crippen molar-refractivity contribution in [3.05, 3.63) is 99.9 Å². The van der Waals surface area contributed by atoms with Gasteiger partial charge in [-0.2, -0.15) is 0 Å². The highest BCUT2D eigenvalue weighted by Gasteiger charge is 2.37. The molecule has 1 nitrogen and oxygen atoms in total. The van der Waals surface area contributed by atoms with E-state index in [0.717, 1.165) is 36.0 Å². The Labute approximate surface area is 170 Å². The third-order valence-corrected chi connectivity index (χ3v) is 9.87. The third kappa shape index (κ3) is 2.79. The van der Waals surface area contributed by atoms with Gasteiger partial charge in [-0.1, -0.05) is 91.0 Å². The molecule has 0 spiro atoms. The van der Waals surface area contributed by atoms with Crippen molar-refractivity contribution in [1.82, 2.24) is 0 Å². The molecule has 0 aromatic heterocycles. The normalized spacial score (nSPS) is 11.6. The van der Waals surface area contributed by atoms with Gasteiger partial charge in [-0.25, -0.2) is 0 Å². The number of rotatable bonds is 3. The van der Waals surface area contributed by atoms with Crippen LogP contribution in [-0.2, 0) is 4.57 Å². The van der Waals surface area contributed by atoms with Crippen molar-refractivity contribution >= 4 is 54.9 Å². The lowest BCUT2D eigenvalue weighted by atomic mass is 10.2. The molecule has 0 aliphatic heterocycles. The van der Waals surface area contributed by atoms with Crippen molar-refractivity contribution in [1.29, 1.82) is 0 Å². The Kier molecular flexibility index (Phi) is 4.88. The first-order valence-corrected chi connectivity index (χ1v) is 11.5. The van der Waals surface area contributed by atoms with Crippen LogP contribution in [0.5, 0.6) is 0 Å². The second kappa shape index (κ2) is 7.15. The maximum Gasteiger partial charge on any atom is 0.173 e. The average molecular weight is 486 g/mol. The molecule has 0 radical (unpaired) electrons. The van der Waals surface area contributed by atoms with Crippen molar-refractivity contribution in [2.45, 2.75) is 0 Å². The lowest BCUT2D eigenvalue weighted by Crippen LogP contribution is -2.25. The standard InChI is InChI=1S/C22H15Br2OP/c23-20-18-14-8-3-9-15-19(18)21(24)22(20)26(25,16-10-4-1-5-11-16)17-12-6-2-7-13-17/h1-15H. The van der Waals surface area contributed by atoms with Crippen LogP contribution in [0.3, 0.4) is 0 Å². The van der Waals surface area contributed by atoms with Crippen LogP contribution in [0.15, 0.2) is 99.9 Å². The summed E-state index contributed by atoms with van der Waals surface area (Å²) in [6.45, 7) is 0. The van der Waals surface area contributed by atoms with E-state index < -0.39 is 7.14 Å². The molecule has 0 amide bonds. The predicted molar refractivity (Wildman–Crippen MR) is 118 cm³/mol. The zero-order chi connectivity index (χ0) is 18.1. The maximum atomic E-state index is 14.6. The van der Waals surface area contributed by atoms with Crippen LogP contribution in [-0.4, -0.2) is 0 Å². The summed E-state index contributed by atoms with van der Waals surface area (Å²) in [6.07, 6.45) is 0. The molecule has 0 unspecified atom stereocenters. The Balaban J connectivity index is 2.12. The summed E-state index contributed by atoms with van der Waals surface area (Å²) in [5.41, 5.74) is 2.09. The van der Waals surface area contributed by atoms with E-state index in [-0.39, 0.29) is 0 Å². The Bertz CT molecular complexity index is 998. The fourth-order valence-corrected chi connectivity index (χ4v) is 8.89. The van der Waals surface area contributed by atoms with Gasteiger partial charge in [-0.3, -0.25) is 0 Å². The van der Waals surface area contributed by atoms with E-state index in [4.69, 9.17) is 0 Å². The first kappa shape index (κ1) is 17.7. The minimum Gasteiger partial charge on any atom is -0.309 e. The molecule has 4 rings (SSSR count). The monoisotopic (exact) mass is 484 g/mol. The highest BCUT2D eigenvalue weighted by Crippen LogP contribution is 2.51. The van der Waals surface area contributed by atoms with Gasteiger partial charge in [-0.05, 0) is 43.0 Å². The van der Waals surface area contributed by atoms with Crippen molar-refractivity contribution in [3.63, 3.8) is 0 Å². The summed E-state index contributed by atoms with van der Waals surface area (Å²) in [5, 5.41) is 2.47. The van der Waals surface area contributed by atoms with E-state index in [0.29, 0.717) is 0 Å². The number of halogens is 2. The second-order valence-electron chi connectivity index (χ2n) is 5.99. The molecular formula is C22H15Br2OP. The molecule has 0 saturated carbocycles. The fraction of sp³-hybridized carbons (Fsp3) is 0. The molecule has 2 aliphatic carbocycles. The van der Waals surface area contributed by atoms with E-state index in [1.165, 1.54) is 0 Å². The van der Waals surface area contributed by atoms with E-state index in [1.54, 1.807) is 0 Å². The summed E-state index contributed by atoms with van der Waals surface area (Å²) < 4.78 is 16.4. The molecule has 2 aromatic rings. The van der Waals surface area contributed by atoms with Crippen LogP contribution >= 0.6 is 39.0 Å². The Morgan fingerprint density at radius 1 is 0.538 bits per heavy atom.